The van der Waals surface area contributed by atoms with Crippen LogP contribution in [0.15, 0.2) is 115 Å². The number of hydrogen-bond acceptors (Lipinski definition) is 0. The summed E-state index contributed by atoms with van der Waals surface area (Å²) in [5, 5.41) is 5.08. The molecule has 5 aromatic carbocycles. The predicted octanol–water partition coefficient (Wildman–Crippen LogP) is 7.58. The fourth-order valence-electron chi connectivity index (χ4n) is 3.93. The maximum atomic E-state index is 2.33. The molecule has 5 aromatic rings. The highest BCUT2D eigenvalue weighted by Crippen LogP contribution is 2.33. The van der Waals surface area contributed by atoms with E-state index in [2.05, 4.69) is 121 Å². The molecule has 28 heavy (non-hydrogen) atoms. The fourth-order valence-corrected chi connectivity index (χ4v) is 3.93. The molecular weight excluding hydrogens is 336 g/mol. The molecule has 0 nitrogen and oxygen atoms in total. The first-order valence-corrected chi connectivity index (χ1v) is 9.63. The topological polar surface area (TPSA) is 0 Å². The van der Waals surface area contributed by atoms with Gasteiger partial charge in [0.2, 0.25) is 0 Å². The molecule has 0 saturated carbocycles. The van der Waals surface area contributed by atoms with Gasteiger partial charge < -0.3 is 0 Å². The van der Waals surface area contributed by atoms with Crippen LogP contribution < -0.4 is 0 Å². The van der Waals surface area contributed by atoms with Gasteiger partial charge in [-0.2, -0.15) is 0 Å². The van der Waals surface area contributed by atoms with Crippen LogP contribution in [-0.2, 0) is 0 Å². The van der Waals surface area contributed by atoms with Crippen molar-refractivity contribution in [2.24, 2.45) is 0 Å². The lowest BCUT2D eigenvalue weighted by atomic mass is 9.91. The van der Waals surface area contributed by atoms with Gasteiger partial charge in [0, 0.05) is 0 Å². The van der Waals surface area contributed by atoms with E-state index in [1.54, 1.807) is 0 Å². The zero-order valence-corrected chi connectivity index (χ0v) is 15.5. The normalized spacial score (nSPS) is 11.8. The van der Waals surface area contributed by atoms with Crippen LogP contribution >= 0.6 is 0 Å². The Balaban J connectivity index is 1.82. The molecule has 5 rings (SSSR count). The lowest BCUT2D eigenvalue weighted by Crippen LogP contribution is -1.91. The van der Waals surface area contributed by atoms with Gasteiger partial charge in [-0.15, -0.1) is 0 Å². The van der Waals surface area contributed by atoms with Crippen molar-refractivity contribution in [1.82, 2.24) is 0 Å². The number of hydrogen-bond donors (Lipinski definition) is 0. The molecule has 0 aliphatic rings. The van der Waals surface area contributed by atoms with Gasteiger partial charge in [-0.1, -0.05) is 115 Å². The molecule has 0 heterocycles. The van der Waals surface area contributed by atoms with Crippen molar-refractivity contribution in [2.45, 2.75) is 0 Å². The summed E-state index contributed by atoms with van der Waals surface area (Å²) in [5.41, 5.74) is 4.97. The first-order chi connectivity index (χ1) is 13.9. The first-order valence-electron chi connectivity index (χ1n) is 9.63. The van der Waals surface area contributed by atoms with E-state index in [0.717, 1.165) is 0 Å². The van der Waals surface area contributed by atoms with Gasteiger partial charge in [-0.3, -0.25) is 0 Å². The molecule has 0 aliphatic carbocycles. The van der Waals surface area contributed by atoms with Crippen molar-refractivity contribution in [2.75, 3.05) is 0 Å². The molecule has 0 saturated heterocycles. The maximum absolute atomic E-state index is 2.33. The summed E-state index contributed by atoms with van der Waals surface area (Å²) in [7, 11) is 0. The Bertz CT molecular complexity index is 1280. The quantitative estimate of drug-likeness (QED) is 0.292. The second kappa shape index (κ2) is 7.17. The summed E-state index contributed by atoms with van der Waals surface area (Å²) in [6.07, 6.45) is 2.33. The molecule has 0 aromatic heterocycles. The summed E-state index contributed by atoms with van der Waals surface area (Å²) in [5.74, 6) is 0. The third kappa shape index (κ3) is 3.00. The standard InChI is InChI=1S/C28H20/c1-2-10-23(11-3-1)28(27-19-9-15-22-13-5-7-18-26(22)27)20-24-16-8-14-21-12-4-6-17-25(21)24/h1-20H/b28-20+. The summed E-state index contributed by atoms with van der Waals surface area (Å²) in [4.78, 5) is 0. The van der Waals surface area contributed by atoms with E-state index in [9.17, 15) is 0 Å². The summed E-state index contributed by atoms with van der Waals surface area (Å²) >= 11 is 0. The predicted molar refractivity (Wildman–Crippen MR) is 121 cm³/mol. The first kappa shape index (κ1) is 16.5. The molecule has 0 heteroatoms. The van der Waals surface area contributed by atoms with Gasteiger partial charge in [-0.25, -0.2) is 0 Å². The number of rotatable bonds is 3. The zero-order valence-electron chi connectivity index (χ0n) is 15.5. The summed E-state index contributed by atoms with van der Waals surface area (Å²) in [6, 6.07) is 40.9. The second-order valence-electron chi connectivity index (χ2n) is 7.02. The summed E-state index contributed by atoms with van der Waals surface area (Å²) in [6.45, 7) is 0. The van der Waals surface area contributed by atoms with Crippen LogP contribution in [0.4, 0.5) is 0 Å². The highest BCUT2D eigenvalue weighted by atomic mass is 14.1. The molecule has 0 aliphatic heterocycles. The van der Waals surface area contributed by atoms with E-state index in [-0.39, 0.29) is 0 Å². The SMILES string of the molecule is C(=C(/c1ccccc1)c1cccc2ccccc12)/c1cccc2ccccc12. The van der Waals surface area contributed by atoms with Crippen LogP contribution in [0.3, 0.4) is 0 Å². The van der Waals surface area contributed by atoms with E-state index >= 15 is 0 Å². The Hall–Kier alpha value is -3.64. The molecule has 0 N–H and O–H groups in total. The van der Waals surface area contributed by atoms with E-state index in [1.165, 1.54) is 43.8 Å². The van der Waals surface area contributed by atoms with Gasteiger partial charge in [-0.05, 0) is 49.9 Å². The molecule has 0 spiro atoms. The molecule has 0 radical (unpaired) electrons. The Morgan fingerprint density at radius 2 is 1.04 bits per heavy atom. The van der Waals surface area contributed by atoms with Crippen molar-refractivity contribution in [3.63, 3.8) is 0 Å². The van der Waals surface area contributed by atoms with Crippen LogP contribution in [-0.4, -0.2) is 0 Å². The van der Waals surface area contributed by atoms with E-state index < -0.39 is 0 Å². The van der Waals surface area contributed by atoms with Crippen molar-refractivity contribution < 1.29 is 0 Å². The van der Waals surface area contributed by atoms with E-state index in [0.29, 0.717) is 0 Å². The monoisotopic (exact) mass is 356 g/mol. The van der Waals surface area contributed by atoms with E-state index in [4.69, 9.17) is 0 Å². The third-order valence-electron chi connectivity index (χ3n) is 5.29. The van der Waals surface area contributed by atoms with Crippen molar-refractivity contribution in [1.29, 1.82) is 0 Å². The molecule has 0 bridgehead atoms. The minimum atomic E-state index is 1.23. The van der Waals surface area contributed by atoms with E-state index in [1.807, 2.05) is 0 Å². The van der Waals surface area contributed by atoms with Gasteiger partial charge in [0.15, 0.2) is 0 Å². The Morgan fingerprint density at radius 3 is 1.82 bits per heavy atom. The smallest absolute Gasteiger partial charge is 0.00990 e. The molecule has 0 atom stereocenters. The molecular formula is C28H20. The lowest BCUT2D eigenvalue weighted by Gasteiger charge is -2.13. The minimum Gasteiger partial charge on any atom is -0.0622 e. The van der Waals surface area contributed by atoms with Gasteiger partial charge in [0.1, 0.15) is 0 Å². The average Bonchev–Trinajstić information content (AvgIpc) is 2.78. The zero-order chi connectivity index (χ0) is 18.8. The highest BCUT2D eigenvalue weighted by Gasteiger charge is 2.10. The second-order valence-corrected chi connectivity index (χ2v) is 7.02. The Labute approximate surface area is 165 Å². The molecule has 0 unspecified atom stereocenters. The lowest BCUT2D eigenvalue weighted by molar-refractivity contribution is 1.58. The third-order valence-corrected chi connectivity index (χ3v) is 5.29. The Morgan fingerprint density at radius 1 is 0.464 bits per heavy atom. The molecule has 0 fully saturated rings. The van der Waals surface area contributed by atoms with Crippen molar-refractivity contribution >= 4 is 33.2 Å². The summed E-state index contributed by atoms with van der Waals surface area (Å²) < 4.78 is 0. The van der Waals surface area contributed by atoms with Crippen LogP contribution in [0.2, 0.25) is 0 Å². The number of fused-ring (bicyclic) bond motifs is 2. The van der Waals surface area contributed by atoms with Crippen molar-refractivity contribution in [3.8, 4) is 0 Å². The van der Waals surface area contributed by atoms with Gasteiger partial charge >= 0.3 is 0 Å². The Kier molecular flexibility index (Phi) is 4.23. The molecule has 132 valence electrons. The maximum Gasteiger partial charge on any atom is -0.00990 e. The highest BCUT2D eigenvalue weighted by molar-refractivity contribution is 6.05. The largest absolute Gasteiger partial charge is 0.0622 e. The van der Waals surface area contributed by atoms with Crippen LogP contribution in [0.1, 0.15) is 16.7 Å². The van der Waals surface area contributed by atoms with Crippen LogP contribution in [0, 0.1) is 0 Å². The number of benzene rings is 5. The average molecular weight is 356 g/mol. The van der Waals surface area contributed by atoms with Crippen LogP contribution in [0.5, 0.6) is 0 Å². The van der Waals surface area contributed by atoms with Crippen LogP contribution in [0.25, 0.3) is 33.2 Å². The minimum absolute atomic E-state index is 1.23. The molecule has 0 amide bonds. The van der Waals surface area contributed by atoms with Crippen molar-refractivity contribution in [3.05, 3.63) is 132 Å². The van der Waals surface area contributed by atoms with Gasteiger partial charge in [0.25, 0.3) is 0 Å². The fraction of sp³-hybridized carbons (Fsp3) is 0. The van der Waals surface area contributed by atoms with Gasteiger partial charge in [0.05, 0.1) is 0 Å².